The summed E-state index contributed by atoms with van der Waals surface area (Å²) in [6.07, 6.45) is 4.39. The van der Waals surface area contributed by atoms with Gasteiger partial charge in [-0.25, -0.2) is 4.98 Å². The van der Waals surface area contributed by atoms with Crippen LogP contribution in [0.1, 0.15) is 23.8 Å². The Morgan fingerprint density at radius 2 is 2.38 bits per heavy atom. The normalized spacial score (nSPS) is 17.2. The Labute approximate surface area is 95.5 Å². The SMILES string of the molecule is CCn1cncc1C(=O)N1CCCNCC1. The van der Waals surface area contributed by atoms with Crippen LogP contribution in [-0.4, -0.2) is 46.5 Å². The van der Waals surface area contributed by atoms with Crippen LogP contribution in [0.25, 0.3) is 0 Å². The molecule has 0 aliphatic carbocycles. The molecule has 0 spiro atoms. The van der Waals surface area contributed by atoms with Crippen LogP contribution < -0.4 is 5.32 Å². The number of rotatable bonds is 2. The lowest BCUT2D eigenvalue weighted by molar-refractivity contribution is 0.0755. The number of aromatic nitrogens is 2. The monoisotopic (exact) mass is 222 g/mol. The highest BCUT2D eigenvalue weighted by Gasteiger charge is 2.19. The molecule has 1 aliphatic rings. The van der Waals surface area contributed by atoms with Crippen molar-refractivity contribution < 1.29 is 4.79 Å². The molecule has 1 amide bonds. The molecule has 1 fully saturated rings. The predicted octanol–water partition coefficient (Wildman–Crippen LogP) is 0.338. The first-order chi connectivity index (χ1) is 7.83. The molecule has 16 heavy (non-hydrogen) atoms. The first kappa shape index (κ1) is 11.1. The van der Waals surface area contributed by atoms with Gasteiger partial charge in [-0.15, -0.1) is 0 Å². The molecule has 5 heteroatoms. The van der Waals surface area contributed by atoms with E-state index in [0.717, 1.165) is 39.1 Å². The third-order valence-electron chi connectivity index (χ3n) is 2.90. The maximum atomic E-state index is 12.2. The number of carbonyl (C=O) groups is 1. The van der Waals surface area contributed by atoms with E-state index in [-0.39, 0.29) is 5.91 Å². The number of nitrogens with one attached hydrogen (secondary N) is 1. The quantitative estimate of drug-likeness (QED) is 0.785. The van der Waals surface area contributed by atoms with Gasteiger partial charge in [-0.2, -0.15) is 0 Å². The second-order valence-corrected chi connectivity index (χ2v) is 3.96. The fraction of sp³-hybridized carbons (Fsp3) is 0.636. The Kier molecular flexibility index (Phi) is 3.56. The van der Waals surface area contributed by atoms with E-state index in [9.17, 15) is 4.79 Å². The van der Waals surface area contributed by atoms with Crippen LogP contribution in [0, 0.1) is 0 Å². The zero-order valence-corrected chi connectivity index (χ0v) is 9.65. The van der Waals surface area contributed by atoms with Gasteiger partial charge in [0, 0.05) is 26.2 Å². The molecule has 0 saturated carbocycles. The summed E-state index contributed by atoms with van der Waals surface area (Å²) in [6.45, 7) is 6.30. The van der Waals surface area contributed by atoms with Gasteiger partial charge in [-0.3, -0.25) is 4.79 Å². The van der Waals surface area contributed by atoms with Crippen molar-refractivity contribution in [2.45, 2.75) is 19.9 Å². The second-order valence-electron chi connectivity index (χ2n) is 3.96. The number of imidazole rings is 1. The Bertz CT molecular complexity index is 353. The first-order valence-electron chi connectivity index (χ1n) is 5.83. The third-order valence-corrected chi connectivity index (χ3v) is 2.90. The van der Waals surface area contributed by atoms with E-state index in [0.29, 0.717) is 5.69 Å². The summed E-state index contributed by atoms with van der Waals surface area (Å²) in [4.78, 5) is 18.2. The van der Waals surface area contributed by atoms with Crippen LogP contribution in [0.3, 0.4) is 0 Å². The minimum absolute atomic E-state index is 0.100. The molecule has 1 aliphatic heterocycles. The Hall–Kier alpha value is -1.36. The van der Waals surface area contributed by atoms with Crippen molar-refractivity contribution in [2.24, 2.45) is 0 Å². The van der Waals surface area contributed by atoms with Gasteiger partial charge >= 0.3 is 0 Å². The molecule has 0 radical (unpaired) electrons. The molecular formula is C11H18N4O. The van der Waals surface area contributed by atoms with E-state index < -0.39 is 0 Å². The molecule has 0 unspecified atom stereocenters. The van der Waals surface area contributed by atoms with Crippen LogP contribution in [0.5, 0.6) is 0 Å². The van der Waals surface area contributed by atoms with Crippen molar-refractivity contribution in [3.8, 4) is 0 Å². The molecule has 0 atom stereocenters. The highest BCUT2D eigenvalue weighted by Crippen LogP contribution is 2.06. The number of amides is 1. The topological polar surface area (TPSA) is 50.2 Å². The molecule has 5 nitrogen and oxygen atoms in total. The van der Waals surface area contributed by atoms with Crippen LogP contribution in [0.4, 0.5) is 0 Å². The standard InChI is InChI=1S/C11H18N4O/c1-2-14-9-13-8-10(14)11(16)15-6-3-4-12-5-7-15/h8-9,12H,2-7H2,1H3. The van der Waals surface area contributed by atoms with Gasteiger partial charge in [-0.05, 0) is 19.9 Å². The first-order valence-corrected chi connectivity index (χ1v) is 5.83. The molecule has 1 saturated heterocycles. The van der Waals surface area contributed by atoms with E-state index in [4.69, 9.17) is 0 Å². The summed E-state index contributed by atoms with van der Waals surface area (Å²) >= 11 is 0. The summed E-state index contributed by atoms with van der Waals surface area (Å²) in [7, 11) is 0. The van der Waals surface area contributed by atoms with Crippen molar-refractivity contribution in [1.82, 2.24) is 19.8 Å². The second kappa shape index (κ2) is 5.12. The van der Waals surface area contributed by atoms with Crippen molar-refractivity contribution >= 4 is 5.91 Å². The maximum absolute atomic E-state index is 12.2. The number of hydrogen-bond donors (Lipinski definition) is 1. The highest BCUT2D eigenvalue weighted by atomic mass is 16.2. The van der Waals surface area contributed by atoms with Crippen molar-refractivity contribution in [2.75, 3.05) is 26.2 Å². The van der Waals surface area contributed by atoms with Gasteiger partial charge in [0.2, 0.25) is 0 Å². The molecule has 1 aromatic rings. The molecule has 2 rings (SSSR count). The lowest BCUT2D eigenvalue weighted by atomic mass is 10.3. The van der Waals surface area contributed by atoms with Gasteiger partial charge < -0.3 is 14.8 Å². The maximum Gasteiger partial charge on any atom is 0.272 e. The molecule has 2 heterocycles. The Morgan fingerprint density at radius 3 is 3.19 bits per heavy atom. The van der Waals surface area contributed by atoms with Crippen LogP contribution in [0.2, 0.25) is 0 Å². The summed E-state index contributed by atoms with van der Waals surface area (Å²) < 4.78 is 1.89. The van der Waals surface area contributed by atoms with Crippen molar-refractivity contribution in [3.05, 3.63) is 18.2 Å². The molecule has 1 aromatic heterocycles. The van der Waals surface area contributed by atoms with Crippen LogP contribution in [-0.2, 0) is 6.54 Å². The van der Waals surface area contributed by atoms with Gasteiger partial charge in [0.1, 0.15) is 5.69 Å². The van der Waals surface area contributed by atoms with Gasteiger partial charge in [-0.1, -0.05) is 0 Å². The van der Waals surface area contributed by atoms with E-state index >= 15 is 0 Å². The van der Waals surface area contributed by atoms with Crippen molar-refractivity contribution in [1.29, 1.82) is 0 Å². The minimum atomic E-state index is 0.100. The smallest absolute Gasteiger partial charge is 0.272 e. The van der Waals surface area contributed by atoms with Gasteiger partial charge in [0.25, 0.3) is 5.91 Å². The number of nitrogens with zero attached hydrogens (tertiary/aromatic N) is 3. The Balaban J connectivity index is 2.11. The lowest BCUT2D eigenvalue weighted by Gasteiger charge is -2.20. The zero-order chi connectivity index (χ0) is 11.4. The van der Waals surface area contributed by atoms with Crippen molar-refractivity contribution in [3.63, 3.8) is 0 Å². The minimum Gasteiger partial charge on any atom is -0.336 e. The van der Waals surface area contributed by atoms with E-state index in [1.54, 1.807) is 12.5 Å². The fourth-order valence-corrected chi connectivity index (χ4v) is 1.96. The summed E-state index contributed by atoms with van der Waals surface area (Å²) in [5.41, 5.74) is 0.699. The molecular weight excluding hydrogens is 204 g/mol. The van der Waals surface area contributed by atoms with Crippen LogP contribution in [0.15, 0.2) is 12.5 Å². The number of hydrogen-bond acceptors (Lipinski definition) is 3. The van der Waals surface area contributed by atoms with Gasteiger partial charge in [0.05, 0.1) is 12.5 Å². The Morgan fingerprint density at radius 1 is 1.50 bits per heavy atom. The largest absolute Gasteiger partial charge is 0.336 e. The molecule has 88 valence electrons. The number of aryl methyl sites for hydroxylation is 1. The third kappa shape index (κ3) is 2.24. The average Bonchev–Trinajstić information content (AvgIpc) is 2.61. The summed E-state index contributed by atoms with van der Waals surface area (Å²) in [6, 6.07) is 0. The lowest BCUT2D eigenvalue weighted by Crippen LogP contribution is -2.35. The van der Waals surface area contributed by atoms with Gasteiger partial charge in [0.15, 0.2) is 0 Å². The van der Waals surface area contributed by atoms with Crippen LogP contribution >= 0.6 is 0 Å². The fourth-order valence-electron chi connectivity index (χ4n) is 1.96. The van der Waals surface area contributed by atoms with E-state index in [1.807, 2.05) is 16.4 Å². The predicted molar refractivity (Wildman–Crippen MR) is 61.3 cm³/mol. The number of carbonyl (C=O) groups excluding carboxylic acids is 1. The average molecular weight is 222 g/mol. The van der Waals surface area contributed by atoms with E-state index in [1.165, 1.54) is 0 Å². The molecule has 1 N–H and O–H groups in total. The highest BCUT2D eigenvalue weighted by molar-refractivity contribution is 5.92. The zero-order valence-electron chi connectivity index (χ0n) is 9.65. The summed E-state index contributed by atoms with van der Waals surface area (Å²) in [5.74, 6) is 0.100. The molecule has 0 aromatic carbocycles. The molecule has 0 bridgehead atoms. The van der Waals surface area contributed by atoms with E-state index in [2.05, 4.69) is 10.3 Å². The summed E-state index contributed by atoms with van der Waals surface area (Å²) in [5, 5.41) is 3.29.